The van der Waals surface area contributed by atoms with Gasteiger partial charge in [0, 0.05) is 30.3 Å². The average molecular weight is 641 g/mol. The standard InChI is InChI=1S/C41H28N4O4/c1-23-37-27-10-6-4-8-24(27)14-19-36(37)48-41(47)38(23)31-22-42-30(21-43-31)33-16-18-35(45(33)3)34-17-15-32(44(34)2)29-20-26-13-12-25-9-5-7-11-28(25)39(26)49-40(29)46/h4-22H,1-3H3. The molecule has 4 aromatic carbocycles. The van der Waals surface area contributed by atoms with Crippen molar-refractivity contribution in [1.29, 1.82) is 0 Å². The zero-order chi connectivity index (χ0) is 33.4. The molecular formula is C41H28N4O4. The number of hydrogen-bond donors (Lipinski definition) is 0. The smallest absolute Gasteiger partial charge is 0.346 e. The third-order valence-electron chi connectivity index (χ3n) is 9.62. The first-order valence-electron chi connectivity index (χ1n) is 15.9. The third kappa shape index (κ3) is 4.38. The normalized spacial score (nSPS) is 11.7. The van der Waals surface area contributed by atoms with Gasteiger partial charge < -0.3 is 18.0 Å². The van der Waals surface area contributed by atoms with Crippen LogP contribution in [0.25, 0.3) is 88.8 Å². The Morgan fingerprint density at radius 1 is 0.571 bits per heavy atom. The number of hydrogen-bond acceptors (Lipinski definition) is 6. The van der Waals surface area contributed by atoms with Crippen LogP contribution in [-0.2, 0) is 14.1 Å². The second kappa shape index (κ2) is 10.7. The van der Waals surface area contributed by atoms with E-state index in [9.17, 15) is 9.59 Å². The maximum atomic E-state index is 13.3. The molecule has 0 aliphatic heterocycles. The molecule has 5 heterocycles. The van der Waals surface area contributed by atoms with E-state index in [4.69, 9.17) is 13.8 Å². The minimum atomic E-state index is -0.447. The molecule has 0 N–H and O–H groups in total. The molecule has 5 aromatic heterocycles. The van der Waals surface area contributed by atoms with Gasteiger partial charge in [0.05, 0.1) is 52.0 Å². The third-order valence-corrected chi connectivity index (χ3v) is 9.62. The van der Waals surface area contributed by atoms with E-state index in [2.05, 4.69) is 4.98 Å². The van der Waals surface area contributed by atoms with Gasteiger partial charge in [-0.1, -0.05) is 66.7 Å². The van der Waals surface area contributed by atoms with Gasteiger partial charge >= 0.3 is 11.3 Å². The molecule has 0 unspecified atom stereocenters. The molecule has 49 heavy (non-hydrogen) atoms. The molecule has 0 aliphatic carbocycles. The van der Waals surface area contributed by atoms with Crippen LogP contribution in [-0.4, -0.2) is 19.1 Å². The minimum Gasteiger partial charge on any atom is -0.422 e. The fraction of sp³-hybridized carbons (Fsp3) is 0.0732. The van der Waals surface area contributed by atoms with Gasteiger partial charge in [-0.15, -0.1) is 0 Å². The molecule has 0 saturated carbocycles. The van der Waals surface area contributed by atoms with Crippen molar-refractivity contribution >= 4 is 43.5 Å². The Balaban J connectivity index is 1.07. The van der Waals surface area contributed by atoms with Crippen molar-refractivity contribution in [3.8, 4) is 45.3 Å². The summed E-state index contributed by atoms with van der Waals surface area (Å²) in [6.07, 6.45) is 3.31. The molecule has 8 heteroatoms. The Bertz CT molecular complexity index is 2910. The molecule has 236 valence electrons. The Hall–Kier alpha value is -6.54. The molecule has 0 amide bonds. The highest BCUT2D eigenvalue weighted by Crippen LogP contribution is 2.34. The maximum Gasteiger partial charge on any atom is 0.346 e. The lowest BCUT2D eigenvalue weighted by atomic mass is 9.98. The minimum absolute atomic E-state index is 0.386. The fourth-order valence-corrected chi connectivity index (χ4v) is 7.13. The highest BCUT2D eigenvalue weighted by molar-refractivity contribution is 6.08. The van der Waals surface area contributed by atoms with E-state index < -0.39 is 5.63 Å². The molecule has 0 radical (unpaired) electrons. The van der Waals surface area contributed by atoms with Crippen LogP contribution in [0.15, 0.2) is 134 Å². The summed E-state index contributed by atoms with van der Waals surface area (Å²) in [7, 11) is 3.91. The van der Waals surface area contributed by atoms with Crippen molar-refractivity contribution in [3.63, 3.8) is 0 Å². The molecule has 0 bridgehead atoms. The van der Waals surface area contributed by atoms with E-state index in [0.717, 1.165) is 60.7 Å². The second-order valence-electron chi connectivity index (χ2n) is 12.3. The summed E-state index contributed by atoms with van der Waals surface area (Å²) >= 11 is 0. The van der Waals surface area contributed by atoms with Crippen LogP contribution in [0, 0.1) is 6.92 Å². The molecule has 9 rings (SSSR count). The van der Waals surface area contributed by atoms with Gasteiger partial charge in [0.25, 0.3) is 0 Å². The number of aromatic nitrogens is 4. The number of benzene rings is 4. The average Bonchev–Trinajstić information content (AvgIpc) is 3.69. The molecule has 0 aliphatic rings. The van der Waals surface area contributed by atoms with Crippen molar-refractivity contribution in [2.75, 3.05) is 0 Å². The van der Waals surface area contributed by atoms with Crippen LogP contribution in [0.1, 0.15) is 5.56 Å². The summed E-state index contributed by atoms with van der Waals surface area (Å²) in [6.45, 7) is 1.93. The van der Waals surface area contributed by atoms with E-state index in [1.54, 1.807) is 12.4 Å². The van der Waals surface area contributed by atoms with Crippen LogP contribution >= 0.6 is 0 Å². The Labute approximate surface area is 279 Å². The lowest BCUT2D eigenvalue weighted by Crippen LogP contribution is -2.08. The Kier molecular flexibility index (Phi) is 6.29. The van der Waals surface area contributed by atoms with Crippen molar-refractivity contribution in [1.82, 2.24) is 19.1 Å². The molecule has 0 spiro atoms. The van der Waals surface area contributed by atoms with Crippen molar-refractivity contribution in [2.24, 2.45) is 14.1 Å². The van der Waals surface area contributed by atoms with E-state index in [1.807, 2.05) is 133 Å². The summed E-state index contributed by atoms with van der Waals surface area (Å²) in [6, 6.07) is 33.6. The van der Waals surface area contributed by atoms with Crippen LogP contribution in [0.4, 0.5) is 0 Å². The largest absolute Gasteiger partial charge is 0.422 e. The van der Waals surface area contributed by atoms with Gasteiger partial charge in [-0.3, -0.25) is 9.97 Å². The van der Waals surface area contributed by atoms with Gasteiger partial charge in [-0.2, -0.15) is 0 Å². The quantitative estimate of drug-likeness (QED) is 0.141. The van der Waals surface area contributed by atoms with E-state index >= 15 is 0 Å². The lowest BCUT2D eigenvalue weighted by molar-refractivity contribution is 0.562. The predicted molar refractivity (Wildman–Crippen MR) is 194 cm³/mol. The zero-order valence-electron chi connectivity index (χ0n) is 26.9. The highest BCUT2D eigenvalue weighted by atomic mass is 16.4. The summed E-state index contributed by atoms with van der Waals surface area (Å²) < 4.78 is 15.7. The number of nitrogens with zero attached hydrogens (tertiary/aromatic N) is 4. The monoisotopic (exact) mass is 640 g/mol. The molecular weight excluding hydrogens is 612 g/mol. The SMILES string of the molecule is Cc1c(-c2cnc(-c3ccc(-c4ccc(-c5cc6ccc7ccccc7c6oc5=O)n4C)n3C)cn2)c(=O)oc2ccc3ccccc3c12. The van der Waals surface area contributed by atoms with Crippen LogP contribution < -0.4 is 11.3 Å². The van der Waals surface area contributed by atoms with Crippen LogP contribution in [0.5, 0.6) is 0 Å². The lowest BCUT2D eigenvalue weighted by Gasteiger charge is -2.12. The van der Waals surface area contributed by atoms with Gasteiger partial charge in [-0.25, -0.2) is 9.59 Å². The molecule has 0 saturated heterocycles. The summed E-state index contributed by atoms with van der Waals surface area (Å²) in [5.41, 5.74) is 6.57. The van der Waals surface area contributed by atoms with Crippen LogP contribution in [0.2, 0.25) is 0 Å². The van der Waals surface area contributed by atoms with Gasteiger partial charge in [0.1, 0.15) is 16.9 Å². The van der Waals surface area contributed by atoms with Crippen molar-refractivity contribution < 1.29 is 8.83 Å². The summed E-state index contributed by atoms with van der Waals surface area (Å²) in [5, 5.41) is 5.77. The Morgan fingerprint density at radius 2 is 1.16 bits per heavy atom. The Morgan fingerprint density at radius 3 is 1.92 bits per heavy atom. The van der Waals surface area contributed by atoms with Crippen molar-refractivity contribution in [3.05, 3.63) is 142 Å². The fourth-order valence-electron chi connectivity index (χ4n) is 7.13. The van der Waals surface area contributed by atoms with E-state index in [0.29, 0.717) is 33.7 Å². The topological polar surface area (TPSA) is 96.1 Å². The highest BCUT2D eigenvalue weighted by Gasteiger charge is 2.20. The first-order chi connectivity index (χ1) is 23.9. The van der Waals surface area contributed by atoms with Gasteiger partial charge in [0.2, 0.25) is 0 Å². The number of rotatable bonds is 4. The summed E-state index contributed by atoms with van der Waals surface area (Å²) in [4.78, 5) is 35.9. The maximum absolute atomic E-state index is 13.3. The molecule has 9 aromatic rings. The molecule has 0 atom stereocenters. The van der Waals surface area contributed by atoms with Gasteiger partial charge in [-0.05, 0) is 65.0 Å². The predicted octanol–water partition coefficient (Wildman–Crippen LogP) is 8.65. The molecule has 0 fully saturated rings. The number of fused-ring (bicyclic) bond motifs is 6. The summed E-state index contributed by atoms with van der Waals surface area (Å²) in [5.74, 6) is 0. The van der Waals surface area contributed by atoms with E-state index in [1.165, 1.54) is 0 Å². The second-order valence-corrected chi connectivity index (χ2v) is 12.3. The van der Waals surface area contributed by atoms with Gasteiger partial charge in [0.15, 0.2) is 0 Å². The first kappa shape index (κ1) is 28.7. The number of aryl methyl sites for hydroxylation is 1. The zero-order valence-corrected chi connectivity index (χ0v) is 26.9. The molecule has 8 nitrogen and oxygen atoms in total. The van der Waals surface area contributed by atoms with E-state index in [-0.39, 0.29) is 5.63 Å². The van der Waals surface area contributed by atoms with Crippen LogP contribution in [0.3, 0.4) is 0 Å². The van der Waals surface area contributed by atoms with Crippen molar-refractivity contribution in [2.45, 2.75) is 6.92 Å². The first-order valence-corrected chi connectivity index (χ1v) is 15.9.